The Hall–Kier alpha value is -1.62. The Kier molecular flexibility index (Phi) is 3.38. The lowest BCUT2D eigenvalue weighted by atomic mass is 10.1. The van der Waals surface area contributed by atoms with Crippen molar-refractivity contribution in [1.29, 1.82) is 0 Å². The van der Waals surface area contributed by atoms with E-state index >= 15 is 0 Å². The molecule has 19 heavy (non-hydrogen) atoms. The van der Waals surface area contributed by atoms with E-state index in [9.17, 15) is 0 Å². The van der Waals surface area contributed by atoms with Gasteiger partial charge < -0.3 is 10.2 Å². The summed E-state index contributed by atoms with van der Waals surface area (Å²) in [5.41, 5.74) is 2.12. The zero-order chi connectivity index (χ0) is 13.2. The molecule has 2 aromatic heterocycles. The molecule has 0 bridgehead atoms. The topological polar surface area (TPSA) is 45.5 Å². The van der Waals surface area contributed by atoms with E-state index in [1.54, 1.807) is 6.33 Å². The average Bonchev–Trinajstić information content (AvgIpc) is 3.03. The first-order chi connectivity index (χ1) is 9.26. The normalized spacial score (nSPS) is 20.2. The summed E-state index contributed by atoms with van der Waals surface area (Å²) in [6.07, 6.45) is 2.89. The Morgan fingerprint density at radius 3 is 3.11 bits per heavy atom. The van der Waals surface area contributed by atoms with Gasteiger partial charge in [-0.2, -0.15) is 9.61 Å². The van der Waals surface area contributed by atoms with Crippen molar-refractivity contribution in [2.75, 3.05) is 31.5 Å². The number of rotatable bonds is 4. The van der Waals surface area contributed by atoms with Gasteiger partial charge in [-0.1, -0.05) is 6.92 Å². The van der Waals surface area contributed by atoms with Crippen molar-refractivity contribution >= 4 is 11.5 Å². The zero-order valence-electron chi connectivity index (χ0n) is 11.6. The van der Waals surface area contributed by atoms with E-state index in [2.05, 4.69) is 40.2 Å². The molecule has 1 N–H and O–H groups in total. The van der Waals surface area contributed by atoms with Gasteiger partial charge >= 0.3 is 0 Å². The van der Waals surface area contributed by atoms with Gasteiger partial charge in [0.15, 0.2) is 5.65 Å². The third-order valence-corrected chi connectivity index (χ3v) is 3.91. The highest BCUT2D eigenvalue weighted by molar-refractivity contribution is 5.51. The second-order valence-electron chi connectivity index (χ2n) is 5.38. The number of aromatic nitrogens is 3. The minimum Gasteiger partial charge on any atom is -0.370 e. The van der Waals surface area contributed by atoms with Crippen LogP contribution in [-0.4, -0.2) is 45.7 Å². The number of hydrogen-bond acceptors (Lipinski definition) is 4. The van der Waals surface area contributed by atoms with Crippen molar-refractivity contribution in [3.8, 4) is 0 Å². The quantitative estimate of drug-likeness (QED) is 0.909. The van der Waals surface area contributed by atoms with E-state index in [4.69, 9.17) is 0 Å². The van der Waals surface area contributed by atoms with Crippen molar-refractivity contribution in [1.82, 2.24) is 19.5 Å². The molecule has 2 aromatic rings. The monoisotopic (exact) mass is 259 g/mol. The Morgan fingerprint density at radius 1 is 1.42 bits per heavy atom. The molecule has 0 saturated carbocycles. The molecule has 0 aromatic carbocycles. The smallest absolute Gasteiger partial charge is 0.157 e. The molecule has 1 aliphatic rings. The van der Waals surface area contributed by atoms with E-state index in [0.717, 1.165) is 30.5 Å². The number of anilines is 1. The highest BCUT2D eigenvalue weighted by atomic mass is 15.3. The molecule has 3 rings (SSSR count). The lowest BCUT2D eigenvalue weighted by molar-refractivity contribution is 0.345. The molecule has 0 spiro atoms. The molecule has 5 nitrogen and oxygen atoms in total. The van der Waals surface area contributed by atoms with Crippen LogP contribution in [0.15, 0.2) is 18.5 Å². The minimum atomic E-state index is 0.735. The van der Waals surface area contributed by atoms with Crippen molar-refractivity contribution in [2.45, 2.75) is 20.3 Å². The molecule has 0 amide bonds. The third kappa shape index (κ3) is 2.56. The van der Waals surface area contributed by atoms with Crippen LogP contribution in [0.5, 0.6) is 0 Å². The SMILES string of the molecule is CCN1CCC(CNc2cc(C)cc3ncnn23)C1. The largest absolute Gasteiger partial charge is 0.370 e. The van der Waals surface area contributed by atoms with Gasteiger partial charge in [0.25, 0.3) is 0 Å². The fourth-order valence-corrected chi connectivity index (χ4v) is 2.80. The van der Waals surface area contributed by atoms with E-state index in [1.165, 1.54) is 25.1 Å². The molecule has 1 atom stereocenters. The maximum Gasteiger partial charge on any atom is 0.157 e. The molecule has 1 fully saturated rings. The van der Waals surface area contributed by atoms with Gasteiger partial charge in [0, 0.05) is 13.1 Å². The van der Waals surface area contributed by atoms with E-state index < -0.39 is 0 Å². The summed E-state index contributed by atoms with van der Waals surface area (Å²) in [6.45, 7) is 8.93. The highest BCUT2D eigenvalue weighted by Gasteiger charge is 2.20. The number of fused-ring (bicyclic) bond motifs is 1. The number of hydrogen-bond donors (Lipinski definition) is 1. The standard InChI is InChI=1S/C14H21N5/c1-3-18-5-4-12(9-18)8-15-13-6-11(2)7-14-16-10-17-19(13)14/h6-7,10,12,15H,3-5,8-9H2,1-2H3. The number of nitrogens with zero attached hydrogens (tertiary/aromatic N) is 4. The first-order valence-electron chi connectivity index (χ1n) is 7.03. The predicted molar refractivity (Wildman–Crippen MR) is 76.4 cm³/mol. The first kappa shape index (κ1) is 12.4. The molecule has 3 heterocycles. The van der Waals surface area contributed by atoms with Gasteiger partial charge in [0.1, 0.15) is 12.1 Å². The van der Waals surface area contributed by atoms with E-state index in [-0.39, 0.29) is 0 Å². The van der Waals surface area contributed by atoms with Crippen molar-refractivity contribution < 1.29 is 0 Å². The molecule has 0 aliphatic carbocycles. The Balaban J connectivity index is 1.70. The molecule has 1 unspecified atom stereocenters. The fourth-order valence-electron chi connectivity index (χ4n) is 2.80. The molecule has 0 radical (unpaired) electrons. The van der Waals surface area contributed by atoms with Crippen LogP contribution in [0, 0.1) is 12.8 Å². The predicted octanol–water partition coefficient (Wildman–Crippen LogP) is 1.79. The average molecular weight is 259 g/mol. The molecular weight excluding hydrogens is 238 g/mol. The number of likely N-dealkylation sites (tertiary alicyclic amines) is 1. The van der Waals surface area contributed by atoms with E-state index in [1.807, 2.05) is 10.6 Å². The zero-order valence-corrected chi connectivity index (χ0v) is 11.6. The summed E-state index contributed by atoms with van der Waals surface area (Å²) in [5.74, 6) is 1.78. The lowest BCUT2D eigenvalue weighted by Gasteiger charge is -2.15. The maximum absolute atomic E-state index is 4.27. The van der Waals surface area contributed by atoms with Crippen LogP contribution in [0.4, 0.5) is 5.82 Å². The Morgan fingerprint density at radius 2 is 2.32 bits per heavy atom. The van der Waals surface area contributed by atoms with Crippen molar-refractivity contribution in [2.24, 2.45) is 5.92 Å². The van der Waals surface area contributed by atoms with E-state index in [0.29, 0.717) is 0 Å². The van der Waals surface area contributed by atoms with Crippen LogP contribution in [0.2, 0.25) is 0 Å². The Bertz CT molecular complexity index is 562. The second-order valence-corrected chi connectivity index (χ2v) is 5.38. The van der Waals surface area contributed by atoms with Gasteiger partial charge in [-0.3, -0.25) is 0 Å². The van der Waals surface area contributed by atoms with Gasteiger partial charge in [-0.05, 0) is 50.0 Å². The number of aryl methyl sites for hydroxylation is 1. The van der Waals surface area contributed by atoms with Crippen LogP contribution >= 0.6 is 0 Å². The molecular formula is C14H21N5. The summed E-state index contributed by atoms with van der Waals surface area (Å²) in [4.78, 5) is 6.76. The molecule has 102 valence electrons. The van der Waals surface area contributed by atoms with Gasteiger partial charge in [-0.15, -0.1) is 0 Å². The first-order valence-corrected chi connectivity index (χ1v) is 7.03. The number of nitrogens with one attached hydrogen (secondary N) is 1. The second kappa shape index (κ2) is 5.17. The summed E-state index contributed by atoms with van der Waals surface area (Å²) < 4.78 is 1.87. The van der Waals surface area contributed by atoms with Crippen LogP contribution in [0.1, 0.15) is 18.9 Å². The van der Waals surface area contributed by atoms with Crippen LogP contribution in [-0.2, 0) is 0 Å². The summed E-state index contributed by atoms with van der Waals surface area (Å²) >= 11 is 0. The van der Waals surface area contributed by atoms with Crippen molar-refractivity contribution in [3.05, 3.63) is 24.0 Å². The van der Waals surface area contributed by atoms with Crippen molar-refractivity contribution in [3.63, 3.8) is 0 Å². The van der Waals surface area contributed by atoms with Gasteiger partial charge in [0.05, 0.1) is 0 Å². The van der Waals surface area contributed by atoms with Crippen LogP contribution in [0.25, 0.3) is 5.65 Å². The minimum absolute atomic E-state index is 0.735. The molecule has 1 aliphatic heterocycles. The Labute approximate surface area is 113 Å². The number of pyridine rings is 1. The van der Waals surface area contributed by atoms with Crippen LogP contribution < -0.4 is 5.32 Å². The lowest BCUT2D eigenvalue weighted by Crippen LogP contribution is -2.23. The van der Waals surface area contributed by atoms with Crippen LogP contribution in [0.3, 0.4) is 0 Å². The third-order valence-electron chi connectivity index (χ3n) is 3.91. The summed E-state index contributed by atoms with van der Waals surface area (Å²) in [7, 11) is 0. The highest BCUT2D eigenvalue weighted by Crippen LogP contribution is 2.18. The summed E-state index contributed by atoms with van der Waals surface area (Å²) in [6, 6.07) is 4.18. The molecule has 1 saturated heterocycles. The van der Waals surface area contributed by atoms with Gasteiger partial charge in [0.2, 0.25) is 0 Å². The maximum atomic E-state index is 4.27. The fraction of sp³-hybridized carbons (Fsp3) is 0.571. The molecule has 5 heteroatoms. The van der Waals surface area contributed by atoms with Gasteiger partial charge in [-0.25, -0.2) is 4.98 Å². The summed E-state index contributed by atoms with van der Waals surface area (Å²) in [5, 5.41) is 7.80.